The highest BCUT2D eigenvalue weighted by Crippen LogP contribution is 2.62. The second-order valence-electron chi connectivity index (χ2n) is 6.43. The Balaban J connectivity index is 2.28. The molecule has 1 aliphatic heterocycles. The Morgan fingerprint density at radius 3 is 2.46 bits per heavy atom. The average molecular weight is 344 g/mol. The lowest BCUT2D eigenvalue weighted by molar-refractivity contribution is -0.126. The predicted molar refractivity (Wildman–Crippen MR) is 95.1 cm³/mol. The van der Waals surface area contributed by atoms with Gasteiger partial charge in [-0.25, -0.2) is 0 Å². The van der Waals surface area contributed by atoms with E-state index in [-0.39, 0.29) is 17.2 Å². The zero-order chi connectivity index (χ0) is 19.1. The van der Waals surface area contributed by atoms with Crippen molar-refractivity contribution in [1.29, 1.82) is 10.5 Å². The van der Waals surface area contributed by atoms with Crippen LogP contribution in [0.1, 0.15) is 19.4 Å². The molecule has 6 heteroatoms. The summed E-state index contributed by atoms with van der Waals surface area (Å²) in [5.74, 6) is -2.21. The van der Waals surface area contributed by atoms with Gasteiger partial charge in [0.2, 0.25) is 0 Å². The van der Waals surface area contributed by atoms with Gasteiger partial charge in [0.25, 0.3) is 5.91 Å². The van der Waals surface area contributed by atoms with Gasteiger partial charge in [-0.3, -0.25) is 9.59 Å². The third-order valence-electron chi connectivity index (χ3n) is 5.28. The van der Waals surface area contributed by atoms with Crippen LogP contribution >= 0.6 is 0 Å². The molecular formula is C20H16N4O2. The SMILES string of the molecule is CC(=O)C1=C(C)[C@@]2(C#N)C(N)=NC(=O)[C@@]2(C#N)[C@H]1/C=C/c1ccccc1. The molecule has 6 nitrogen and oxygen atoms in total. The number of carbonyl (C=O) groups excluding carboxylic acids is 2. The highest BCUT2D eigenvalue weighted by molar-refractivity contribution is 6.17. The summed E-state index contributed by atoms with van der Waals surface area (Å²) in [4.78, 5) is 28.8. The molecule has 1 aliphatic carbocycles. The Labute approximate surface area is 150 Å². The van der Waals surface area contributed by atoms with E-state index in [1.54, 1.807) is 19.1 Å². The second kappa shape index (κ2) is 5.79. The molecule has 0 radical (unpaired) electrons. The number of nitriles is 2. The Kier molecular flexibility index (Phi) is 3.85. The average Bonchev–Trinajstić information content (AvgIpc) is 2.99. The normalized spacial score (nSPS) is 30.1. The molecule has 128 valence electrons. The van der Waals surface area contributed by atoms with E-state index in [9.17, 15) is 20.1 Å². The number of hydrogen-bond acceptors (Lipinski definition) is 5. The van der Waals surface area contributed by atoms with E-state index in [1.807, 2.05) is 42.5 Å². The number of nitrogens with two attached hydrogens (primary N) is 1. The highest BCUT2D eigenvalue weighted by atomic mass is 16.2. The van der Waals surface area contributed by atoms with Gasteiger partial charge < -0.3 is 5.73 Å². The third kappa shape index (κ3) is 1.87. The highest BCUT2D eigenvalue weighted by Gasteiger charge is 2.73. The number of benzene rings is 1. The molecule has 0 bridgehead atoms. The molecule has 3 atom stereocenters. The number of amides is 1. The fourth-order valence-electron chi connectivity index (χ4n) is 4.08. The van der Waals surface area contributed by atoms with E-state index >= 15 is 0 Å². The molecule has 2 N–H and O–H groups in total. The monoisotopic (exact) mass is 344 g/mol. The molecule has 0 unspecified atom stereocenters. The van der Waals surface area contributed by atoms with Crippen molar-refractivity contribution in [3.63, 3.8) is 0 Å². The number of amidine groups is 1. The Hall–Kier alpha value is -3.51. The van der Waals surface area contributed by atoms with Crippen molar-refractivity contribution < 1.29 is 9.59 Å². The summed E-state index contributed by atoms with van der Waals surface area (Å²) < 4.78 is 0. The van der Waals surface area contributed by atoms with Gasteiger partial charge in [-0.1, -0.05) is 42.5 Å². The summed E-state index contributed by atoms with van der Waals surface area (Å²) in [6.45, 7) is 2.93. The number of rotatable bonds is 3. The maximum atomic E-state index is 12.7. The van der Waals surface area contributed by atoms with Gasteiger partial charge in [-0.2, -0.15) is 15.5 Å². The molecule has 1 aromatic rings. The minimum absolute atomic E-state index is 0.224. The summed E-state index contributed by atoms with van der Waals surface area (Å²) in [7, 11) is 0. The van der Waals surface area contributed by atoms with Gasteiger partial charge in [0.1, 0.15) is 5.84 Å². The Morgan fingerprint density at radius 1 is 1.27 bits per heavy atom. The number of ketones is 1. The lowest BCUT2D eigenvalue weighted by Gasteiger charge is -2.31. The van der Waals surface area contributed by atoms with Crippen molar-refractivity contribution in [3.8, 4) is 12.1 Å². The third-order valence-corrected chi connectivity index (χ3v) is 5.28. The van der Waals surface area contributed by atoms with Crippen LogP contribution in [0.2, 0.25) is 0 Å². The van der Waals surface area contributed by atoms with Crippen LogP contribution in [0.3, 0.4) is 0 Å². The zero-order valence-electron chi connectivity index (χ0n) is 14.4. The quantitative estimate of drug-likeness (QED) is 0.900. The van der Waals surface area contributed by atoms with Crippen molar-refractivity contribution in [1.82, 2.24) is 0 Å². The van der Waals surface area contributed by atoms with E-state index < -0.39 is 22.7 Å². The number of hydrogen-bond donors (Lipinski definition) is 1. The fraction of sp³-hybridized carbons (Fsp3) is 0.250. The first-order chi connectivity index (χ1) is 12.4. The molecule has 3 rings (SSSR count). The molecule has 0 fully saturated rings. The summed E-state index contributed by atoms with van der Waals surface area (Å²) in [5.41, 5.74) is 3.78. The number of carbonyl (C=O) groups is 2. The van der Waals surface area contributed by atoms with Crippen LogP contribution in [-0.4, -0.2) is 17.5 Å². The first-order valence-electron chi connectivity index (χ1n) is 8.03. The van der Waals surface area contributed by atoms with E-state index in [2.05, 4.69) is 4.99 Å². The van der Waals surface area contributed by atoms with Gasteiger partial charge in [0, 0.05) is 11.5 Å². The van der Waals surface area contributed by atoms with Gasteiger partial charge in [0.05, 0.1) is 12.1 Å². The van der Waals surface area contributed by atoms with Crippen molar-refractivity contribution in [2.75, 3.05) is 0 Å². The smallest absolute Gasteiger partial charge is 0.271 e. The molecule has 0 saturated carbocycles. The molecule has 0 saturated heterocycles. The van der Waals surface area contributed by atoms with Crippen LogP contribution in [0.15, 0.2) is 52.5 Å². The molecule has 0 aromatic heterocycles. The van der Waals surface area contributed by atoms with Gasteiger partial charge in [-0.15, -0.1) is 0 Å². The molecule has 26 heavy (non-hydrogen) atoms. The van der Waals surface area contributed by atoms with Crippen molar-refractivity contribution >= 4 is 23.6 Å². The van der Waals surface area contributed by atoms with E-state index in [0.29, 0.717) is 5.57 Å². The number of nitrogens with zero attached hydrogens (tertiary/aromatic N) is 3. The van der Waals surface area contributed by atoms with Crippen LogP contribution < -0.4 is 5.73 Å². The first kappa shape index (κ1) is 17.3. The van der Waals surface area contributed by atoms with Crippen molar-refractivity contribution in [2.24, 2.45) is 27.5 Å². The molecule has 2 aliphatic rings. The van der Waals surface area contributed by atoms with Gasteiger partial charge in [-0.05, 0) is 25.0 Å². The first-order valence-corrected chi connectivity index (χ1v) is 8.03. The lowest BCUT2D eigenvalue weighted by atomic mass is 9.61. The maximum Gasteiger partial charge on any atom is 0.271 e. The molecule has 1 heterocycles. The minimum atomic E-state index is -1.86. The zero-order valence-corrected chi connectivity index (χ0v) is 14.4. The van der Waals surface area contributed by atoms with Crippen LogP contribution in [0.5, 0.6) is 0 Å². The summed E-state index contributed by atoms with van der Waals surface area (Å²) in [5, 5.41) is 19.9. The molecule has 1 amide bonds. The van der Waals surface area contributed by atoms with E-state index in [0.717, 1.165) is 5.56 Å². The summed E-state index contributed by atoms with van der Waals surface area (Å²) >= 11 is 0. The predicted octanol–water partition coefficient (Wildman–Crippen LogP) is 2.15. The summed E-state index contributed by atoms with van der Waals surface area (Å²) in [6, 6.07) is 13.3. The topological polar surface area (TPSA) is 120 Å². The Bertz CT molecular complexity index is 991. The van der Waals surface area contributed by atoms with Gasteiger partial charge >= 0.3 is 0 Å². The van der Waals surface area contributed by atoms with Crippen LogP contribution in [-0.2, 0) is 9.59 Å². The van der Waals surface area contributed by atoms with E-state index in [1.165, 1.54) is 6.92 Å². The largest absolute Gasteiger partial charge is 0.385 e. The number of fused-ring (bicyclic) bond motifs is 1. The lowest BCUT2D eigenvalue weighted by Crippen LogP contribution is -2.48. The standard InChI is InChI=1S/C20H16N4O2/c1-12-16(13(2)25)15(9-8-14-6-4-3-5-7-14)20(11-22)18(26)24-17(23)19(12,20)10-21/h3-9,15H,1-2H3,(H2,23,24,26)/b9-8+/t15-,19-,20+/m0/s1. The second-order valence-corrected chi connectivity index (χ2v) is 6.43. The van der Waals surface area contributed by atoms with Crippen molar-refractivity contribution in [3.05, 3.63) is 53.1 Å². The Morgan fingerprint density at radius 2 is 1.92 bits per heavy atom. The summed E-state index contributed by atoms with van der Waals surface area (Å²) in [6.07, 6.45) is 3.36. The molecular weight excluding hydrogens is 328 g/mol. The van der Waals surface area contributed by atoms with Crippen LogP contribution in [0, 0.1) is 39.4 Å². The van der Waals surface area contributed by atoms with Crippen molar-refractivity contribution in [2.45, 2.75) is 13.8 Å². The number of Topliss-reactive ketones (excluding diaryl/α,β-unsaturated/α-hetero) is 1. The fourth-order valence-corrected chi connectivity index (χ4v) is 4.08. The van der Waals surface area contributed by atoms with Gasteiger partial charge in [0.15, 0.2) is 16.6 Å². The minimum Gasteiger partial charge on any atom is -0.385 e. The molecule has 1 aromatic carbocycles. The maximum absolute atomic E-state index is 12.7. The number of allylic oxidation sites excluding steroid dienone is 2. The molecule has 0 spiro atoms. The van der Waals surface area contributed by atoms with Crippen LogP contribution in [0.25, 0.3) is 6.08 Å². The van der Waals surface area contributed by atoms with Crippen LogP contribution in [0.4, 0.5) is 0 Å². The number of aliphatic imine (C=N–C) groups is 1. The van der Waals surface area contributed by atoms with E-state index in [4.69, 9.17) is 5.73 Å².